The molecule has 1 aromatic rings. The predicted molar refractivity (Wildman–Crippen MR) is 146 cm³/mol. The van der Waals surface area contributed by atoms with Crippen LogP contribution in [0.3, 0.4) is 0 Å². The number of hydrogen-bond acceptors (Lipinski definition) is 6. The van der Waals surface area contributed by atoms with Gasteiger partial charge in [-0.25, -0.2) is 19.2 Å². The standard InChI is InChI=1S/C30H46O8/c1-3-5-7-9-11-13-15-17-19-37-29(35)25-21-24(28(33)34)26(22-23(25)27(31)32)30(36)38-20-18-16-14-12-10-8-6-4-2/h21-22H,3-20H2,1-2H3,(H,31,32)(H,33,34). The number of carbonyl (C=O) groups excluding carboxylic acids is 2. The van der Waals surface area contributed by atoms with Crippen LogP contribution in [0.5, 0.6) is 0 Å². The van der Waals surface area contributed by atoms with Gasteiger partial charge in [0.05, 0.1) is 35.5 Å². The van der Waals surface area contributed by atoms with Gasteiger partial charge in [-0.2, -0.15) is 0 Å². The number of aromatic carboxylic acids is 2. The number of hydrogen-bond donors (Lipinski definition) is 2. The number of ether oxygens (including phenoxy) is 2. The molecule has 0 unspecified atom stereocenters. The van der Waals surface area contributed by atoms with E-state index in [0.29, 0.717) is 12.8 Å². The van der Waals surface area contributed by atoms with Crippen molar-refractivity contribution in [3.05, 3.63) is 34.4 Å². The van der Waals surface area contributed by atoms with Crippen molar-refractivity contribution in [2.45, 2.75) is 117 Å². The summed E-state index contributed by atoms with van der Waals surface area (Å²) in [4.78, 5) is 48.8. The molecule has 0 saturated heterocycles. The first-order valence-corrected chi connectivity index (χ1v) is 14.3. The molecule has 1 aromatic carbocycles. The molecule has 1 rings (SSSR count). The average Bonchev–Trinajstić information content (AvgIpc) is 2.90. The summed E-state index contributed by atoms with van der Waals surface area (Å²) in [7, 11) is 0. The van der Waals surface area contributed by atoms with Crippen molar-refractivity contribution in [3.63, 3.8) is 0 Å². The van der Waals surface area contributed by atoms with Gasteiger partial charge in [0, 0.05) is 0 Å². The summed E-state index contributed by atoms with van der Waals surface area (Å²) in [6.07, 6.45) is 17.0. The van der Waals surface area contributed by atoms with Gasteiger partial charge < -0.3 is 19.7 Å². The van der Waals surface area contributed by atoms with Gasteiger partial charge in [-0.05, 0) is 25.0 Å². The molecule has 0 radical (unpaired) electrons. The Balaban J connectivity index is 2.68. The van der Waals surface area contributed by atoms with Crippen molar-refractivity contribution in [3.8, 4) is 0 Å². The zero-order valence-corrected chi connectivity index (χ0v) is 23.2. The van der Waals surface area contributed by atoms with E-state index in [2.05, 4.69) is 13.8 Å². The predicted octanol–water partition coefficient (Wildman–Crippen LogP) is 7.68. The smallest absolute Gasteiger partial charge is 0.339 e. The molecular weight excluding hydrogens is 488 g/mol. The quantitative estimate of drug-likeness (QED) is 0.114. The van der Waals surface area contributed by atoms with Crippen LogP contribution in [-0.2, 0) is 9.47 Å². The van der Waals surface area contributed by atoms with E-state index in [1.807, 2.05) is 0 Å². The Labute approximate surface area is 227 Å². The molecule has 0 aromatic heterocycles. The number of carboxylic acids is 2. The van der Waals surface area contributed by atoms with E-state index in [1.165, 1.54) is 51.4 Å². The molecule has 0 heterocycles. The van der Waals surface area contributed by atoms with E-state index < -0.39 is 46.1 Å². The number of carbonyl (C=O) groups is 4. The molecule has 214 valence electrons. The van der Waals surface area contributed by atoms with E-state index >= 15 is 0 Å². The molecule has 0 aliphatic carbocycles. The van der Waals surface area contributed by atoms with Crippen LogP contribution in [0.1, 0.15) is 158 Å². The lowest BCUT2D eigenvalue weighted by Crippen LogP contribution is -2.19. The molecule has 0 spiro atoms. The van der Waals surface area contributed by atoms with Gasteiger partial charge >= 0.3 is 23.9 Å². The summed E-state index contributed by atoms with van der Waals surface area (Å²) in [5.41, 5.74) is -1.77. The SMILES string of the molecule is CCCCCCCCCCOC(=O)c1cc(C(=O)O)c(C(=O)OCCCCCCCCCC)cc1C(=O)O. The average molecular weight is 535 g/mol. The zero-order chi connectivity index (χ0) is 28.2. The zero-order valence-electron chi connectivity index (χ0n) is 23.2. The van der Waals surface area contributed by atoms with Crippen LogP contribution in [0, 0.1) is 0 Å². The second-order valence-corrected chi connectivity index (χ2v) is 9.78. The lowest BCUT2D eigenvalue weighted by Gasteiger charge is -2.12. The molecule has 0 atom stereocenters. The summed E-state index contributed by atoms with van der Waals surface area (Å²) in [5.74, 6) is -4.77. The molecule has 0 aliphatic rings. The normalized spacial score (nSPS) is 10.8. The van der Waals surface area contributed by atoms with Gasteiger partial charge in [-0.15, -0.1) is 0 Å². The Morgan fingerprint density at radius 1 is 0.500 bits per heavy atom. The molecule has 0 saturated carbocycles. The van der Waals surface area contributed by atoms with Gasteiger partial charge in [0.25, 0.3) is 0 Å². The fourth-order valence-corrected chi connectivity index (χ4v) is 4.25. The Bertz CT molecular complexity index is 805. The van der Waals surface area contributed by atoms with Gasteiger partial charge in [0.15, 0.2) is 0 Å². The molecule has 8 nitrogen and oxygen atoms in total. The maximum absolute atomic E-state index is 12.6. The number of unbranched alkanes of at least 4 members (excludes halogenated alkanes) is 14. The maximum atomic E-state index is 12.6. The van der Waals surface area contributed by atoms with Crippen LogP contribution in [-0.4, -0.2) is 47.3 Å². The van der Waals surface area contributed by atoms with Crippen LogP contribution in [0.4, 0.5) is 0 Å². The highest BCUT2D eigenvalue weighted by Crippen LogP contribution is 2.21. The first-order chi connectivity index (χ1) is 18.3. The third kappa shape index (κ3) is 13.1. The molecule has 8 heteroatoms. The molecule has 2 N–H and O–H groups in total. The topological polar surface area (TPSA) is 127 Å². The summed E-state index contributed by atoms with van der Waals surface area (Å²) in [6.45, 7) is 4.55. The van der Waals surface area contributed by atoms with Crippen LogP contribution >= 0.6 is 0 Å². The summed E-state index contributed by atoms with van der Waals surface area (Å²) in [5, 5.41) is 19.2. The first kappa shape index (κ1) is 33.1. The third-order valence-electron chi connectivity index (χ3n) is 6.52. The fourth-order valence-electron chi connectivity index (χ4n) is 4.25. The number of benzene rings is 1. The maximum Gasteiger partial charge on any atom is 0.339 e. The molecule has 38 heavy (non-hydrogen) atoms. The van der Waals surface area contributed by atoms with Crippen molar-refractivity contribution in [2.24, 2.45) is 0 Å². The highest BCUT2D eigenvalue weighted by molar-refractivity contribution is 6.09. The monoisotopic (exact) mass is 534 g/mol. The Kier molecular flexibility index (Phi) is 17.5. The van der Waals surface area contributed by atoms with Crippen molar-refractivity contribution < 1.29 is 38.9 Å². The Hall–Kier alpha value is -2.90. The van der Waals surface area contributed by atoms with E-state index in [4.69, 9.17) is 9.47 Å². The van der Waals surface area contributed by atoms with E-state index in [0.717, 1.165) is 50.7 Å². The minimum Gasteiger partial charge on any atom is -0.478 e. The molecule has 0 fully saturated rings. The van der Waals surface area contributed by atoms with E-state index in [9.17, 15) is 29.4 Å². The lowest BCUT2D eigenvalue weighted by molar-refractivity contribution is 0.0472. The Morgan fingerprint density at radius 3 is 1.08 bits per heavy atom. The first-order valence-electron chi connectivity index (χ1n) is 14.3. The number of carboxylic acid groups (broad SMARTS) is 2. The minimum absolute atomic E-state index is 0.109. The third-order valence-corrected chi connectivity index (χ3v) is 6.52. The molecule has 0 aliphatic heterocycles. The summed E-state index contributed by atoms with van der Waals surface area (Å²) < 4.78 is 10.4. The molecular formula is C30H46O8. The summed E-state index contributed by atoms with van der Waals surface area (Å²) >= 11 is 0. The van der Waals surface area contributed by atoms with Gasteiger partial charge in [0.2, 0.25) is 0 Å². The van der Waals surface area contributed by atoms with Crippen LogP contribution in [0.15, 0.2) is 12.1 Å². The minimum atomic E-state index is -1.46. The lowest BCUT2D eigenvalue weighted by atomic mass is 9.98. The van der Waals surface area contributed by atoms with Crippen molar-refractivity contribution in [2.75, 3.05) is 13.2 Å². The van der Waals surface area contributed by atoms with Crippen LogP contribution < -0.4 is 0 Å². The van der Waals surface area contributed by atoms with Gasteiger partial charge in [0.1, 0.15) is 0 Å². The highest BCUT2D eigenvalue weighted by Gasteiger charge is 2.27. The highest BCUT2D eigenvalue weighted by atomic mass is 16.5. The molecule has 0 bridgehead atoms. The van der Waals surface area contributed by atoms with Crippen molar-refractivity contribution >= 4 is 23.9 Å². The summed E-state index contributed by atoms with van der Waals surface area (Å²) in [6, 6.07) is 1.80. The van der Waals surface area contributed by atoms with Gasteiger partial charge in [-0.3, -0.25) is 0 Å². The Morgan fingerprint density at radius 2 is 0.789 bits per heavy atom. The number of rotatable bonds is 22. The largest absolute Gasteiger partial charge is 0.478 e. The second-order valence-electron chi connectivity index (χ2n) is 9.78. The molecule has 0 amide bonds. The van der Waals surface area contributed by atoms with Crippen molar-refractivity contribution in [1.82, 2.24) is 0 Å². The van der Waals surface area contributed by atoms with E-state index in [1.54, 1.807) is 0 Å². The fraction of sp³-hybridized carbons (Fsp3) is 0.667. The second kappa shape index (κ2) is 20.1. The van der Waals surface area contributed by atoms with Crippen molar-refractivity contribution in [1.29, 1.82) is 0 Å². The van der Waals surface area contributed by atoms with Crippen LogP contribution in [0.2, 0.25) is 0 Å². The van der Waals surface area contributed by atoms with E-state index in [-0.39, 0.29) is 13.2 Å². The number of esters is 2. The van der Waals surface area contributed by atoms with Crippen LogP contribution in [0.25, 0.3) is 0 Å². The van der Waals surface area contributed by atoms with Gasteiger partial charge in [-0.1, -0.05) is 104 Å².